The predicted molar refractivity (Wildman–Crippen MR) is 108 cm³/mol. The Hall–Kier alpha value is -2.22. The number of likely N-dealkylation sites (tertiary alicyclic amines) is 2. The lowest BCUT2D eigenvalue weighted by Gasteiger charge is -2.43. The summed E-state index contributed by atoms with van der Waals surface area (Å²) in [6.45, 7) is 7.96. The number of carbonyl (C=O) groups excluding carboxylic acids is 1. The van der Waals surface area contributed by atoms with Gasteiger partial charge in [0.05, 0.1) is 4.92 Å². The number of nitro groups is 1. The smallest absolute Gasteiger partial charge is 0.410 e. The minimum atomic E-state index is -1.01. The third-order valence-corrected chi connectivity index (χ3v) is 5.74. The van der Waals surface area contributed by atoms with Crippen molar-refractivity contribution in [3.8, 4) is 0 Å². The molecule has 2 heterocycles. The van der Waals surface area contributed by atoms with E-state index in [-0.39, 0.29) is 23.7 Å². The molecule has 2 aliphatic rings. The van der Waals surface area contributed by atoms with Crippen LogP contribution in [0.3, 0.4) is 0 Å². The van der Waals surface area contributed by atoms with Crippen LogP contribution in [0.15, 0.2) is 24.3 Å². The van der Waals surface area contributed by atoms with Crippen molar-refractivity contribution in [2.75, 3.05) is 26.2 Å². The lowest BCUT2D eigenvalue weighted by molar-refractivity contribution is -0.384. The van der Waals surface area contributed by atoms with Gasteiger partial charge in [-0.05, 0) is 52.1 Å². The van der Waals surface area contributed by atoms with Crippen LogP contribution in [0.25, 0.3) is 0 Å². The Kier molecular flexibility index (Phi) is 6.41. The number of halogens is 1. The van der Waals surface area contributed by atoms with Gasteiger partial charge in [-0.3, -0.25) is 15.0 Å². The number of non-ortho nitro benzene ring substituents is 1. The van der Waals surface area contributed by atoms with E-state index in [0.717, 1.165) is 24.9 Å². The molecule has 3 rings (SSSR count). The number of benzene rings is 1. The van der Waals surface area contributed by atoms with Gasteiger partial charge >= 0.3 is 6.09 Å². The maximum absolute atomic E-state index is 14.9. The summed E-state index contributed by atoms with van der Waals surface area (Å²) in [6.07, 6.45) is 1.03. The first-order valence-electron chi connectivity index (χ1n) is 10.2. The number of amides is 1. The second kappa shape index (κ2) is 8.65. The molecule has 0 saturated carbocycles. The number of carbonyl (C=O) groups is 1. The summed E-state index contributed by atoms with van der Waals surface area (Å²) >= 11 is 0. The average molecular weight is 407 g/mol. The van der Waals surface area contributed by atoms with Crippen LogP contribution in [0.2, 0.25) is 0 Å². The van der Waals surface area contributed by atoms with Gasteiger partial charge in [-0.25, -0.2) is 9.18 Å². The van der Waals surface area contributed by atoms with E-state index in [9.17, 15) is 19.3 Å². The summed E-state index contributed by atoms with van der Waals surface area (Å²) < 4.78 is 20.4. The molecule has 0 aliphatic carbocycles. The summed E-state index contributed by atoms with van der Waals surface area (Å²) in [6, 6.07) is 6.50. The first-order valence-corrected chi connectivity index (χ1v) is 10.2. The molecule has 8 heteroatoms. The first kappa shape index (κ1) is 21.5. The van der Waals surface area contributed by atoms with E-state index < -0.39 is 16.7 Å². The van der Waals surface area contributed by atoms with Crippen molar-refractivity contribution in [2.24, 2.45) is 0 Å². The van der Waals surface area contributed by atoms with E-state index >= 15 is 0 Å². The molecule has 160 valence electrons. The molecule has 0 aromatic heterocycles. The zero-order valence-electron chi connectivity index (χ0n) is 17.3. The summed E-state index contributed by atoms with van der Waals surface area (Å²) in [5.41, 5.74) is 0.343. The van der Waals surface area contributed by atoms with Crippen molar-refractivity contribution in [1.29, 1.82) is 0 Å². The molecule has 2 aliphatic heterocycles. The highest BCUT2D eigenvalue weighted by molar-refractivity contribution is 5.68. The summed E-state index contributed by atoms with van der Waals surface area (Å²) in [5, 5.41) is 10.8. The molecule has 0 spiro atoms. The minimum absolute atomic E-state index is 0.0262. The van der Waals surface area contributed by atoms with Gasteiger partial charge in [0.25, 0.3) is 5.69 Å². The Morgan fingerprint density at radius 1 is 1.14 bits per heavy atom. The molecule has 7 nitrogen and oxygen atoms in total. The molecule has 0 radical (unpaired) electrons. The van der Waals surface area contributed by atoms with E-state index in [1.807, 2.05) is 20.8 Å². The molecule has 2 fully saturated rings. The molecule has 1 aromatic rings. The SMILES string of the molecule is CC(C)(C)OC(=O)N1CCC(N2CCC(c3ccc([N+](=O)[O-])cc3)C(F)C2)CC1. The Morgan fingerprint density at radius 3 is 2.28 bits per heavy atom. The van der Waals surface area contributed by atoms with Gasteiger partial charge in [0.2, 0.25) is 0 Å². The fourth-order valence-electron chi connectivity index (χ4n) is 4.22. The van der Waals surface area contributed by atoms with Crippen molar-refractivity contribution < 1.29 is 18.8 Å². The molecule has 2 unspecified atom stereocenters. The largest absolute Gasteiger partial charge is 0.444 e. The maximum atomic E-state index is 14.9. The number of nitro benzene ring substituents is 1. The summed E-state index contributed by atoms with van der Waals surface area (Å²) in [4.78, 5) is 26.5. The molecule has 0 bridgehead atoms. The highest BCUT2D eigenvalue weighted by atomic mass is 19.1. The lowest BCUT2D eigenvalue weighted by atomic mass is 9.86. The third kappa shape index (κ3) is 5.44. The zero-order valence-corrected chi connectivity index (χ0v) is 17.3. The number of nitrogens with zero attached hydrogens (tertiary/aromatic N) is 3. The van der Waals surface area contributed by atoms with Gasteiger partial charge in [0.15, 0.2) is 0 Å². The Bertz CT molecular complexity index is 726. The van der Waals surface area contributed by atoms with Crippen LogP contribution in [-0.2, 0) is 4.74 Å². The number of alkyl halides is 1. The summed E-state index contributed by atoms with van der Waals surface area (Å²) in [5.74, 6) is -0.228. The lowest BCUT2D eigenvalue weighted by Crippen LogP contribution is -2.51. The van der Waals surface area contributed by atoms with Gasteiger partial charge in [-0.1, -0.05) is 12.1 Å². The topological polar surface area (TPSA) is 75.9 Å². The van der Waals surface area contributed by atoms with Crippen LogP contribution in [-0.4, -0.2) is 64.8 Å². The van der Waals surface area contributed by atoms with Gasteiger partial charge in [0, 0.05) is 43.7 Å². The second-order valence-electron chi connectivity index (χ2n) is 8.95. The van der Waals surface area contributed by atoms with Crippen LogP contribution in [0.5, 0.6) is 0 Å². The predicted octanol–water partition coefficient (Wildman–Crippen LogP) is 4.12. The van der Waals surface area contributed by atoms with Crippen LogP contribution in [0, 0.1) is 10.1 Å². The van der Waals surface area contributed by atoms with Gasteiger partial charge in [-0.15, -0.1) is 0 Å². The third-order valence-electron chi connectivity index (χ3n) is 5.74. The quantitative estimate of drug-likeness (QED) is 0.556. The maximum Gasteiger partial charge on any atom is 0.410 e. The van der Waals surface area contributed by atoms with Crippen LogP contribution >= 0.6 is 0 Å². The van der Waals surface area contributed by atoms with Gasteiger partial charge in [-0.2, -0.15) is 0 Å². The Balaban J connectivity index is 1.51. The van der Waals surface area contributed by atoms with E-state index in [4.69, 9.17) is 4.74 Å². The zero-order chi connectivity index (χ0) is 21.2. The Labute approximate surface area is 171 Å². The van der Waals surface area contributed by atoms with Crippen molar-refractivity contribution in [2.45, 2.75) is 63.8 Å². The van der Waals surface area contributed by atoms with Crippen molar-refractivity contribution in [3.05, 3.63) is 39.9 Å². The highest BCUT2D eigenvalue weighted by Crippen LogP contribution is 2.33. The molecule has 2 atom stereocenters. The fourth-order valence-corrected chi connectivity index (χ4v) is 4.22. The van der Waals surface area contributed by atoms with E-state index in [1.165, 1.54) is 12.1 Å². The van der Waals surface area contributed by atoms with Crippen molar-refractivity contribution in [1.82, 2.24) is 9.80 Å². The molecule has 1 amide bonds. The van der Waals surface area contributed by atoms with E-state index in [0.29, 0.717) is 26.1 Å². The summed E-state index contributed by atoms with van der Waals surface area (Å²) in [7, 11) is 0. The normalized spacial score (nSPS) is 24.3. The highest BCUT2D eigenvalue weighted by Gasteiger charge is 2.36. The molecule has 29 heavy (non-hydrogen) atoms. The number of rotatable bonds is 3. The second-order valence-corrected chi connectivity index (χ2v) is 8.95. The van der Waals surface area contributed by atoms with Crippen LogP contribution < -0.4 is 0 Å². The van der Waals surface area contributed by atoms with Gasteiger partial charge < -0.3 is 9.64 Å². The minimum Gasteiger partial charge on any atom is -0.444 e. The molecule has 0 N–H and O–H groups in total. The average Bonchev–Trinajstić information content (AvgIpc) is 2.67. The monoisotopic (exact) mass is 407 g/mol. The van der Waals surface area contributed by atoms with Crippen LogP contribution in [0.4, 0.5) is 14.9 Å². The van der Waals surface area contributed by atoms with Crippen molar-refractivity contribution >= 4 is 11.8 Å². The number of hydrogen-bond donors (Lipinski definition) is 0. The Morgan fingerprint density at radius 2 is 1.76 bits per heavy atom. The van der Waals surface area contributed by atoms with E-state index in [2.05, 4.69) is 4.90 Å². The first-order chi connectivity index (χ1) is 13.6. The number of ether oxygens (including phenoxy) is 1. The number of hydrogen-bond acceptors (Lipinski definition) is 5. The molecular formula is C21H30FN3O4. The molecule has 1 aromatic carbocycles. The van der Waals surface area contributed by atoms with Crippen LogP contribution in [0.1, 0.15) is 51.5 Å². The van der Waals surface area contributed by atoms with E-state index in [1.54, 1.807) is 17.0 Å². The standard InChI is InChI=1S/C21H30FN3O4/c1-21(2,3)29-20(26)23-11-8-16(9-12-23)24-13-10-18(19(22)14-24)15-4-6-17(7-5-15)25(27)28/h4-7,16,18-19H,8-14H2,1-3H3. The molecule has 2 saturated heterocycles. The number of piperidine rings is 2. The molecular weight excluding hydrogens is 377 g/mol. The van der Waals surface area contributed by atoms with Gasteiger partial charge in [0.1, 0.15) is 11.8 Å². The van der Waals surface area contributed by atoms with Crippen molar-refractivity contribution in [3.63, 3.8) is 0 Å². The fraction of sp³-hybridized carbons (Fsp3) is 0.667.